The van der Waals surface area contributed by atoms with Crippen LogP contribution in [0.5, 0.6) is 0 Å². The third-order valence-corrected chi connectivity index (χ3v) is 3.55. The van der Waals surface area contributed by atoms with Crippen molar-refractivity contribution in [3.05, 3.63) is 36.0 Å². The zero-order chi connectivity index (χ0) is 14.7. The van der Waals surface area contributed by atoms with Gasteiger partial charge in [-0.1, -0.05) is 0 Å². The minimum Gasteiger partial charge on any atom is -0.462 e. The van der Waals surface area contributed by atoms with Gasteiger partial charge in [0.2, 0.25) is 0 Å². The summed E-state index contributed by atoms with van der Waals surface area (Å²) < 4.78 is 10.4. The van der Waals surface area contributed by atoms with E-state index in [4.69, 9.17) is 9.47 Å². The van der Waals surface area contributed by atoms with Gasteiger partial charge in [0, 0.05) is 30.4 Å². The lowest BCUT2D eigenvalue weighted by molar-refractivity contribution is 0.0526. The average Bonchev–Trinajstić information content (AvgIpc) is 2.55. The molecule has 0 bridgehead atoms. The molecule has 5 nitrogen and oxygen atoms in total. The highest BCUT2D eigenvalue weighted by molar-refractivity contribution is 5.94. The van der Waals surface area contributed by atoms with Crippen molar-refractivity contribution in [2.45, 2.75) is 6.92 Å². The number of rotatable bonds is 3. The predicted octanol–water partition coefficient (Wildman–Crippen LogP) is 2.25. The van der Waals surface area contributed by atoms with Gasteiger partial charge in [-0.15, -0.1) is 0 Å². The zero-order valence-corrected chi connectivity index (χ0v) is 12.0. The summed E-state index contributed by atoms with van der Waals surface area (Å²) in [6.07, 6.45) is 1.56. The first-order valence-electron chi connectivity index (χ1n) is 7.17. The van der Waals surface area contributed by atoms with Gasteiger partial charge in [-0.05, 0) is 31.2 Å². The molecule has 0 radical (unpaired) electrons. The molecule has 0 unspecified atom stereocenters. The van der Waals surface area contributed by atoms with Gasteiger partial charge < -0.3 is 14.4 Å². The first kappa shape index (κ1) is 13.8. The molecule has 5 heteroatoms. The lowest BCUT2D eigenvalue weighted by Gasteiger charge is -2.29. The van der Waals surface area contributed by atoms with Gasteiger partial charge in [-0.3, -0.25) is 4.98 Å². The van der Waals surface area contributed by atoms with Crippen LogP contribution in [0.15, 0.2) is 30.5 Å². The van der Waals surface area contributed by atoms with E-state index >= 15 is 0 Å². The van der Waals surface area contributed by atoms with Crippen LogP contribution in [-0.2, 0) is 9.47 Å². The molecule has 1 aliphatic rings. The van der Waals surface area contributed by atoms with Crippen LogP contribution in [0.25, 0.3) is 10.9 Å². The van der Waals surface area contributed by atoms with E-state index in [1.165, 1.54) is 0 Å². The normalized spacial score (nSPS) is 15.2. The number of carbonyl (C=O) groups excluding carboxylic acids is 1. The number of carbonyl (C=O) groups is 1. The Kier molecular flexibility index (Phi) is 4.01. The van der Waals surface area contributed by atoms with Crippen LogP contribution < -0.4 is 4.90 Å². The highest BCUT2D eigenvalue weighted by Crippen LogP contribution is 2.22. The first-order chi connectivity index (χ1) is 10.3. The molecule has 0 saturated carbocycles. The Balaban J connectivity index is 1.93. The lowest BCUT2D eigenvalue weighted by Crippen LogP contribution is -2.36. The zero-order valence-electron chi connectivity index (χ0n) is 12.0. The topological polar surface area (TPSA) is 51.7 Å². The Hall–Kier alpha value is -2.14. The number of ether oxygens (including phenoxy) is 2. The summed E-state index contributed by atoms with van der Waals surface area (Å²) in [4.78, 5) is 18.4. The fourth-order valence-corrected chi connectivity index (χ4v) is 2.46. The number of pyridine rings is 1. The molecule has 1 aromatic carbocycles. The Morgan fingerprint density at radius 1 is 1.33 bits per heavy atom. The van der Waals surface area contributed by atoms with Crippen molar-refractivity contribution < 1.29 is 14.3 Å². The summed E-state index contributed by atoms with van der Waals surface area (Å²) in [5, 5.41) is 0.949. The molecule has 1 aromatic heterocycles. The van der Waals surface area contributed by atoms with E-state index < -0.39 is 0 Å². The van der Waals surface area contributed by atoms with E-state index in [2.05, 4.69) is 22.0 Å². The molecule has 0 spiro atoms. The fourth-order valence-electron chi connectivity index (χ4n) is 2.46. The molecular weight excluding hydrogens is 268 g/mol. The molecule has 3 rings (SSSR count). The monoisotopic (exact) mass is 286 g/mol. The van der Waals surface area contributed by atoms with Gasteiger partial charge in [-0.2, -0.15) is 0 Å². The minimum absolute atomic E-state index is 0.330. The quantitative estimate of drug-likeness (QED) is 0.810. The third kappa shape index (κ3) is 2.97. The van der Waals surface area contributed by atoms with E-state index in [1.807, 2.05) is 12.1 Å². The fraction of sp³-hybridized carbons (Fsp3) is 0.375. The van der Waals surface area contributed by atoms with Gasteiger partial charge in [0.1, 0.15) is 0 Å². The number of esters is 1. The van der Waals surface area contributed by atoms with Crippen LogP contribution in [0.1, 0.15) is 17.3 Å². The van der Waals surface area contributed by atoms with Crippen LogP contribution >= 0.6 is 0 Å². The van der Waals surface area contributed by atoms with Crippen LogP contribution in [0.3, 0.4) is 0 Å². The van der Waals surface area contributed by atoms with Crippen molar-refractivity contribution in [2.75, 3.05) is 37.8 Å². The van der Waals surface area contributed by atoms with Gasteiger partial charge >= 0.3 is 5.97 Å². The maximum Gasteiger partial charge on any atom is 0.339 e. The molecule has 0 N–H and O–H groups in total. The van der Waals surface area contributed by atoms with Crippen LogP contribution in [0.2, 0.25) is 0 Å². The summed E-state index contributed by atoms with van der Waals surface area (Å²) >= 11 is 0. The summed E-state index contributed by atoms with van der Waals surface area (Å²) in [6.45, 7) is 5.43. The standard InChI is InChI=1S/C16H18N2O3/c1-2-21-16(19)13-9-12-10-14(3-4-15(12)17-11-13)18-5-7-20-8-6-18/h3-4,9-11H,2,5-8H2,1H3. The van der Waals surface area contributed by atoms with Gasteiger partial charge in [0.25, 0.3) is 0 Å². The Bertz CT molecular complexity index is 651. The SMILES string of the molecule is CCOC(=O)c1cnc2ccc(N3CCOCC3)cc2c1. The molecule has 110 valence electrons. The van der Waals surface area contributed by atoms with Gasteiger partial charge in [0.05, 0.1) is 30.9 Å². The summed E-state index contributed by atoms with van der Waals surface area (Å²) in [7, 11) is 0. The molecule has 1 fully saturated rings. The summed E-state index contributed by atoms with van der Waals surface area (Å²) in [6, 6.07) is 7.94. The van der Waals surface area contributed by atoms with Crippen LogP contribution in [-0.4, -0.2) is 43.9 Å². The molecule has 2 heterocycles. The Labute approximate surface area is 123 Å². The van der Waals surface area contributed by atoms with Gasteiger partial charge in [-0.25, -0.2) is 4.79 Å². The maximum atomic E-state index is 11.8. The number of fused-ring (bicyclic) bond motifs is 1. The van der Waals surface area contributed by atoms with Crippen LogP contribution in [0, 0.1) is 0 Å². The van der Waals surface area contributed by atoms with Crippen molar-refractivity contribution >= 4 is 22.6 Å². The number of anilines is 1. The molecular formula is C16H18N2O3. The van der Waals surface area contributed by atoms with Crippen molar-refractivity contribution in [1.29, 1.82) is 0 Å². The second-order valence-corrected chi connectivity index (χ2v) is 4.92. The minimum atomic E-state index is -0.330. The van der Waals surface area contributed by atoms with Crippen molar-refractivity contribution in [2.24, 2.45) is 0 Å². The molecule has 1 saturated heterocycles. The highest BCUT2D eigenvalue weighted by atomic mass is 16.5. The molecule has 0 aliphatic carbocycles. The number of aromatic nitrogens is 1. The molecule has 1 aliphatic heterocycles. The first-order valence-corrected chi connectivity index (χ1v) is 7.17. The number of benzene rings is 1. The summed E-state index contributed by atoms with van der Waals surface area (Å²) in [5.41, 5.74) is 2.50. The van der Waals surface area contributed by atoms with Crippen LogP contribution in [0.4, 0.5) is 5.69 Å². The molecule has 0 atom stereocenters. The Morgan fingerprint density at radius 2 is 2.14 bits per heavy atom. The number of hydrogen-bond donors (Lipinski definition) is 0. The van der Waals surface area contributed by atoms with E-state index in [1.54, 1.807) is 13.1 Å². The smallest absolute Gasteiger partial charge is 0.339 e. The van der Waals surface area contributed by atoms with Gasteiger partial charge in [0.15, 0.2) is 0 Å². The summed E-state index contributed by atoms with van der Waals surface area (Å²) in [5.74, 6) is -0.330. The molecule has 21 heavy (non-hydrogen) atoms. The van der Waals surface area contributed by atoms with E-state index in [-0.39, 0.29) is 5.97 Å². The number of morpholine rings is 1. The lowest BCUT2D eigenvalue weighted by atomic mass is 10.1. The number of hydrogen-bond acceptors (Lipinski definition) is 5. The predicted molar refractivity (Wildman–Crippen MR) is 80.7 cm³/mol. The second kappa shape index (κ2) is 6.10. The third-order valence-electron chi connectivity index (χ3n) is 3.55. The largest absolute Gasteiger partial charge is 0.462 e. The van der Waals surface area contributed by atoms with Crippen molar-refractivity contribution in [1.82, 2.24) is 4.98 Å². The second-order valence-electron chi connectivity index (χ2n) is 4.92. The maximum absolute atomic E-state index is 11.8. The highest BCUT2D eigenvalue weighted by Gasteiger charge is 2.13. The molecule has 2 aromatic rings. The Morgan fingerprint density at radius 3 is 2.90 bits per heavy atom. The average molecular weight is 286 g/mol. The molecule has 0 amide bonds. The van der Waals surface area contributed by atoms with E-state index in [0.29, 0.717) is 12.2 Å². The number of nitrogens with zero attached hydrogens (tertiary/aromatic N) is 2. The van der Waals surface area contributed by atoms with E-state index in [9.17, 15) is 4.79 Å². The van der Waals surface area contributed by atoms with Crippen molar-refractivity contribution in [3.63, 3.8) is 0 Å². The van der Waals surface area contributed by atoms with Crippen molar-refractivity contribution in [3.8, 4) is 0 Å². The van der Waals surface area contributed by atoms with E-state index in [0.717, 1.165) is 42.9 Å².